The highest BCUT2D eigenvalue weighted by atomic mass is 35.5. The van der Waals surface area contributed by atoms with E-state index in [1.807, 2.05) is 36.4 Å². The summed E-state index contributed by atoms with van der Waals surface area (Å²) in [6.45, 7) is 1.68. The predicted molar refractivity (Wildman–Crippen MR) is 95.8 cm³/mol. The van der Waals surface area contributed by atoms with Crippen LogP contribution in [0.25, 0.3) is 0 Å². The predicted octanol–water partition coefficient (Wildman–Crippen LogP) is 4.48. The largest absolute Gasteiger partial charge is 0.497 e. The number of methoxy groups -OCH3 is 1. The molecule has 2 aromatic carbocycles. The molecule has 2 aromatic rings. The van der Waals surface area contributed by atoms with Gasteiger partial charge in [0.25, 0.3) is 0 Å². The molecule has 6 heteroatoms. The van der Waals surface area contributed by atoms with E-state index in [4.69, 9.17) is 33.0 Å². The Morgan fingerprint density at radius 2 is 1.67 bits per heavy atom. The number of carbonyl (C=O) groups is 1. The second-order valence-corrected chi connectivity index (χ2v) is 6.27. The molecule has 0 heterocycles. The molecule has 0 aliphatic carbocycles. The van der Waals surface area contributed by atoms with Crippen molar-refractivity contribution in [3.8, 4) is 5.75 Å². The molecule has 1 N–H and O–H groups in total. The van der Waals surface area contributed by atoms with Crippen LogP contribution in [-0.4, -0.2) is 29.6 Å². The number of halogens is 2. The molecular formula is C18H19Cl2NO3. The van der Waals surface area contributed by atoms with Gasteiger partial charge in [-0.05, 0) is 35.4 Å². The third kappa shape index (κ3) is 5.71. The minimum absolute atomic E-state index is 0.0808. The van der Waals surface area contributed by atoms with Crippen LogP contribution in [0, 0.1) is 0 Å². The molecule has 0 fully saturated rings. The Balaban J connectivity index is 2.10. The van der Waals surface area contributed by atoms with Gasteiger partial charge in [0.1, 0.15) is 5.75 Å². The van der Waals surface area contributed by atoms with Crippen molar-refractivity contribution in [2.75, 3.05) is 13.7 Å². The lowest BCUT2D eigenvalue weighted by Crippen LogP contribution is -2.25. The molecule has 0 aliphatic rings. The van der Waals surface area contributed by atoms with E-state index >= 15 is 0 Å². The van der Waals surface area contributed by atoms with Crippen molar-refractivity contribution in [2.45, 2.75) is 19.5 Å². The van der Waals surface area contributed by atoms with E-state index in [9.17, 15) is 4.79 Å². The molecule has 0 aliphatic heterocycles. The van der Waals surface area contributed by atoms with E-state index in [-0.39, 0.29) is 6.42 Å². The molecule has 0 unspecified atom stereocenters. The average Bonchev–Trinajstić information content (AvgIpc) is 2.56. The lowest BCUT2D eigenvalue weighted by atomic mass is 10.1. The quantitative estimate of drug-likeness (QED) is 0.747. The normalized spacial score (nSPS) is 10.8. The second kappa shape index (κ2) is 8.92. The summed E-state index contributed by atoms with van der Waals surface area (Å²) in [5.74, 6) is -0.0239. The lowest BCUT2D eigenvalue weighted by Gasteiger charge is -2.22. The average molecular weight is 368 g/mol. The van der Waals surface area contributed by atoms with E-state index < -0.39 is 5.97 Å². The van der Waals surface area contributed by atoms with Gasteiger partial charge in [0.05, 0.1) is 23.6 Å². The van der Waals surface area contributed by atoms with Crippen LogP contribution in [-0.2, 0) is 17.9 Å². The van der Waals surface area contributed by atoms with E-state index in [2.05, 4.69) is 4.90 Å². The van der Waals surface area contributed by atoms with Crippen LogP contribution < -0.4 is 4.74 Å². The van der Waals surface area contributed by atoms with Crippen molar-refractivity contribution in [3.63, 3.8) is 0 Å². The van der Waals surface area contributed by atoms with Gasteiger partial charge in [0.2, 0.25) is 0 Å². The molecule has 24 heavy (non-hydrogen) atoms. The number of hydrogen-bond donors (Lipinski definition) is 1. The fourth-order valence-electron chi connectivity index (χ4n) is 2.35. The van der Waals surface area contributed by atoms with Crippen molar-refractivity contribution in [3.05, 3.63) is 63.6 Å². The molecule has 0 atom stereocenters. The Morgan fingerprint density at radius 1 is 1.04 bits per heavy atom. The molecule has 128 valence electrons. The smallest absolute Gasteiger partial charge is 0.304 e. The topological polar surface area (TPSA) is 49.8 Å². The number of aliphatic carboxylic acids is 1. The highest BCUT2D eigenvalue weighted by molar-refractivity contribution is 6.42. The zero-order valence-electron chi connectivity index (χ0n) is 13.3. The maximum Gasteiger partial charge on any atom is 0.304 e. The Bertz CT molecular complexity index is 689. The Morgan fingerprint density at radius 3 is 2.25 bits per heavy atom. The van der Waals surface area contributed by atoms with Gasteiger partial charge in [-0.25, -0.2) is 0 Å². The van der Waals surface area contributed by atoms with Gasteiger partial charge in [-0.1, -0.05) is 41.4 Å². The molecule has 0 spiro atoms. The zero-order chi connectivity index (χ0) is 17.5. The van der Waals surface area contributed by atoms with Crippen molar-refractivity contribution >= 4 is 29.2 Å². The van der Waals surface area contributed by atoms with Crippen molar-refractivity contribution in [1.29, 1.82) is 0 Å². The summed E-state index contributed by atoms with van der Waals surface area (Å²) < 4.78 is 5.15. The summed E-state index contributed by atoms with van der Waals surface area (Å²) in [4.78, 5) is 13.0. The SMILES string of the molecule is COc1ccc(CN(CCC(=O)O)Cc2ccc(Cl)c(Cl)c2)cc1. The third-order valence-corrected chi connectivity index (χ3v) is 4.34. The Hall–Kier alpha value is -1.75. The molecule has 4 nitrogen and oxygen atoms in total. The number of carboxylic acid groups (broad SMARTS) is 1. The van der Waals surface area contributed by atoms with Crippen molar-refractivity contribution < 1.29 is 14.6 Å². The van der Waals surface area contributed by atoms with Crippen LogP contribution in [0.5, 0.6) is 5.75 Å². The fraction of sp³-hybridized carbons (Fsp3) is 0.278. The minimum Gasteiger partial charge on any atom is -0.497 e. The molecule has 0 saturated heterocycles. The molecule has 0 aromatic heterocycles. The van der Waals surface area contributed by atoms with Crippen molar-refractivity contribution in [2.24, 2.45) is 0 Å². The maximum atomic E-state index is 10.9. The first-order valence-corrected chi connectivity index (χ1v) is 8.24. The fourth-order valence-corrected chi connectivity index (χ4v) is 2.67. The highest BCUT2D eigenvalue weighted by Crippen LogP contribution is 2.24. The number of carboxylic acids is 1. The molecule has 0 bridgehead atoms. The number of hydrogen-bond acceptors (Lipinski definition) is 3. The van der Waals surface area contributed by atoms with E-state index in [1.165, 1.54) is 0 Å². The first-order valence-electron chi connectivity index (χ1n) is 7.49. The van der Waals surface area contributed by atoms with Crippen molar-refractivity contribution in [1.82, 2.24) is 4.90 Å². The molecule has 2 rings (SSSR count). The zero-order valence-corrected chi connectivity index (χ0v) is 14.8. The number of rotatable bonds is 8. The summed E-state index contributed by atoms with van der Waals surface area (Å²) in [7, 11) is 1.62. The van der Waals surface area contributed by atoms with Gasteiger partial charge < -0.3 is 9.84 Å². The molecule has 0 radical (unpaired) electrons. The highest BCUT2D eigenvalue weighted by Gasteiger charge is 2.11. The summed E-state index contributed by atoms with van der Waals surface area (Å²) in [6.07, 6.45) is 0.0808. The van der Waals surface area contributed by atoms with Crippen LogP contribution in [0.15, 0.2) is 42.5 Å². The molecule has 0 amide bonds. The minimum atomic E-state index is -0.816. The number of nitrogens with zero attached hydrogens (tertiary/aromatic N) is 1. The summed E-state index contributed by atoms with van der Waals surface area (Å²) in [5.41, 5.74) is 2.07. The van der Waals surface area contributed by atoms with Gasteiger partial charge in [-0.3, -0.25) is 9.69 Å². The molecular weight excluding hydrogens is 349 g/mol. The second-order valence-electron chi connectivity index (χ2n) is 5.45. The monoisotopic (exact) mass is 367 g/mol. The van der Waals surface area contributed by atoms with Crippen LogP contribution in [0.3, 0.4) is 0 Å². The van der Waals surface area contributed by atoms with Gasteiger partial charge in [0.15, 0.2) is 0 Å². The lowest BCUT2D eigenvalue weighted by molar-refractivity contribution is -0.137. The number of ether oxygens (including phenoxy) is 1. The van der Waals surface area contributed by atoms with Gasteiger partial charge in [0, 0.05) is 19.6 Å². The Labute approximate surface area is 151 Å². The van der Waals surface area contributed by atoms with E-state index in [0.29, 0.717) is 29.7 Å². The van der Waals surface area contributed by atoms with E-state index in [1.54, 1.807) is 13.2 Å². The van der Waals surface area contributed by atoms with Crippen LogP contribution in [0.2, 0.25) is 10.0 Å². The van der Waals surface area contributed by atoms with Crippen LogP contribution >= 0.6 is 23.2 Å². The summed E-state index contributed by atoms with van der Waals surface area (Å²) >= 11 is 12.0. The third-order valence-electron chi connectivity index (χ3n) is 3.60. The summed E-state index contributed by atoms with van der Waals surface area (Å²) in [6, 6.07) is 13.2. The van der Waals surface area contributed by atoms with Gasteiger partial charge in [-0.15, -0.1) is 0 Å². The Kier molecular flexibility index (Phi) is 6.91. The summed E-state index contributed by atoms with van der Waals surface area (Å²) in [5, 5.41) is 9.97. The first-order chi connectivity index (χ1) is 11.5. The maximum absolute atomic E-state index is 10.9. The standard InChI is InChI=1S/C18H19Cl2NO3/c1-24-15-5-2-13(3-6-15)11-21(9-8-18(22)23)12-14-4-7-16(19)17(20)10-14/h2-7,10H,8-9,11-12H2,1H3,(H,22,23). The van der Waals surface area contributed by atoms with Crippen LogP contribution in [0.4, 0.5) is 0 Å². The molecule has 0 saturated carbocycles. The van der Waals surface area contributed by atoms with Crippen LogP contribution in [0.1, 0.15) is 17.5 Å². The van der Waals surface area contributed by atoms with Gasteiger partial charge in [-0.2, -0.15) is 0 Å². The first kappa shape index (κ1) is 18.6. The number of benzene rings is 2. The van der Waals surface area contributed by atoms with Gasteiger partial charge >= 0.3 is 5.97 Å². The van der Waals surface area contributed by atoms with E-state index in [0.717, 1.165) is 16.9 Å².